The van der Waals surface area contributed by atoms with Crippen LogP contribution in [0.1, 0.15) is 39.5 Å². The molecular weight excluding hydrogens is 214 g/mol. The molecule has 2 rings (SSSR count). The third kappa shape index (κ3) is 2.80. The molecule has 0 aromatic rings. The molecule has 2 aliphatic rings. The lowest BCUT2D eigenvalue weighted by atomic mass is 9.98. The molecule has 2 saturated heterocycles. The lowest BCUT2D eigenvalue weighted by Gasteiger charge is -2.33. The molecule has 0 saturated carbocycles. The lowest BCUT2D eigenvalue weighted by Crippen LogP contribution is -2.52. The summed E-state index contributed by atoms with van der Waals surface area (Å²) in [4.78, 5) is 14.5. The predicted molar refractivity (Wildman–Crippen MR) is 68.6 cm³/mol. The highest BCUT2D eigenvalue weighted by atomic mass is 16.2. The molecule has 3 N–H and O–H groups in total. The Balaban J connectivity index is 1.89. The first-order valence-corrected chi connectivity index (χ1v) is 6.89. The largest absolute Gasteiger partial charge is 0.350 e. The maximum Gasteiger partial charge on any atom is 0.237 e. The van der Waals surface area contributed by atoms with Gasteiger partial charge in [0.2, 0.25) is 5.91 Å². The fourth-order valence-corrected chi connectivity index (χ4v) is 3.00. The highest BCUT2D eigenvalue weighted by Gasteiger charge is 2.36. The number of nitrogens with two attached hydrogens (primary N) is 1. The molecule has 0 aromatic carbocycles. The number of nitrogens with one attached hydrogen (secondary N) is 1. The summed E-state index contributed by atoms with van der Waals surface area (Å²) in [7, 11) is 0. The molecule has 3 atom stereocenters. The van der Waals surface area contributed by atoms with Gasteiger partial charge in [-0.1, -0.05) is 20.3 Å². The second-order valence-corrected chi connectivity index (χ2v) is 5.77. The van der Waals surface area contributed by atoms with Crippen LogP contribution < -0.4 is 11.1 Å². The first-order chi connectivity index (χ1) is 8.09. The van der Waals surface area contributed by atoms with Crippen molar-refractivity contribution in [3.8, 4) is 0 Å². The van der Waals surface area contributed by atoms with Gasteiger partial charge in [0, 0.05) is 18.6 Å². The van der Waals surface area contributed by atoms with Gasteiger partial charge in [-0.2, -0.15) is 0 Å². The lowest BCUT2D eigenvalue weighted by molar-refractivity contribution is -0.124. The minimum Gasteiger partial charge on any atom is -0.350 e. The van der Waals surface area contributed by atoms with E-state index in [0.717, 1.165) is 13.0 Å². The molecule has 2 fully saturated rings. The van der Waals surface area contributed by atoms with Crippen LogP contribution >= 0.6 is 0 Å². The first kappa shape index (κ1) is 12.8. The van der Waals surface area contributed by atoms with E-state index in [0.29, 0.717) is 12.1 Å². The van der Waals surface area contributed by atoms with Gasteiger partial charge < -0.3 is 11.1 Å². The Morgan fingerprint density at radius 2 is 2.06 bits per heavy atom. The van der Waals surface area contributed by atoms with Gasteiger partial charge in [-0.15, -0.1) is 0 Å². The quantitative estimate of drug-likeness (QED) is 0.762. The van der Waals surface area contributed by atoms with E-state index >= 15 is 0 Å². The molecule has 4 nitrogen and oxygen atoms in total. The molecule has 2 heterocycles. The van der Waals surface area contributed by atoms with Gasteiger partial charge in [0.25, 0.3) is 0 Å². The van der Waals surface area contributed by atoms with Crippen molar-refractivity contribution in [2.24, 2.45) is 11.7 Å². The van der Waals surface area contributed by atoms with Crippen molar-refractivity contribution >= 4 is 5.91 Å². The van der Waals surface area contributed by atoms with E-state index in [2.05, 4.69) is 10.2 Å². The smallest absolute Gasteiger partial charge is 0.237 e. The van der Waals surface area contributed by atoms with E-state index in [9.17, 15) is 4.79 Å². The SMILES string of the molecule is CC(C)[C@@H](N)C(=O)NC1CCN2CCCCC12. The number of hydrogen-bond donors (Lipinski definition) is 2. The van der Waals surface area contributed by atoms with Gasteiger partial charge in [0.1, 0.15) is 0 Å². The topological polar surface area (TPSA) is 58.4 Å². The van der Waals surface area contributed by atoms with Gasteiger partial charge in [-0.25, -0.2) is 0 Å². The summed E-state index contributed by atoms with van der Waals surface area (Å²) < 4.78 is 0. The maximum absolute atomic E-state index is 12.0. The minimum atomic E-state index is -0.368. The zero-order valence-electron chi connectivity index (χ0n) is 11.0. The normalized spacial score (nSPS) is 31.3. The van der Waals surface area contributed by atoms with Gasteiger partial charge in [0.15, 0.2) is 0 Å². The average molecular weight is 239 g/mol. The van der Waals surface area contributed by atoms with Crippen molar-refractivity contribution in [3.05, 3.63) is 0 Å². The number of piperidine rings is 1. The van der Waals surface area contributed by atoms with Crippen LogP contribution in [0.2, 0.25) is 0 Å². The molecule has 0 aromatic heterocycles. The standard InChI is InChI=1S/C13H25N3O/c1-9(2)12(14)13(17)15-10-6-8-16-7-4-3-5-11(10)16/h9-12H,3-8,14H2,1-2H3,(H,15,17)/t10?,11?,12-/m1/s1. The Labute approximate surface area is 104 Å². The number of carbonyl (C=O) groups is 1. The molecule has 4 heteroatoms. The van der Waals surface area contributed by atoms with Crippen molar-refractivity contribution in [3.63, 3.8) is 0 Å². The van der Waals surface area contributed by atoms with E-state index in [-0.39, 0.29) is 17.9 Å². The molecule has 2 aliphatic heterocycles. The summed E-state index contributed by atoms with van der Waals surface area (Å²) in [6, 6.07) is 0.521. The van der Waals surface area contributed by atoms with E-state index in [1.807, 2.05) is 13.8 Å². The van der Waals surface area contributed by atoms with Crippen LogP contribution in [0.15, 0.2) is 0 Å². The summed E-state index contributed by atoms with van der Waals surface area (Å²) >= 11 is 0. The zero-order chi connectivity index (χ0) is 12.4. The van der Waals surface area contributed by atoms with Crippen LogP contribution in [0.3, 0.4) is 0 Å². The Bertz CT molecular complexity index is 280. The Morgan fingerprint density at radius 1 is 1.29 bits per heavy atom. The number of nitrogens with zero attached hydrogens (tertiary/aromatic N) is 1. The molecule has 17 heavy (non-hydrogen) atoms. The monoisotopic (exact) mass is 239 g/mol. The number of hydrogen-bond acceptors (Lipinski definition) is 3. The van der Waals surface area contributed by atoms with Crippen LogP contribution in [0, 0.1) is 5.92 Å². The number of amides is 1. The number of carbonyl (C=O) groups excluding carboxylic acids is 1. The Morgan fingerprint density at radius 3 is 2.76 bits per heavy atom. The molecule has 1 amide bonds. The van der Waals surface area contributed by atoms with Crippen molar-refractivity contribution in [1.82, 2.24) is 10.2 Å². The minimum absolute atomic E-state index is 0.0254. The number of fused-ring (bicyclic) bond motifs is 1. The van der Waals surface area contributed by atoms with E-state index in [1.54, 1.807) is 0 Å². The summed E-state index contributed by atoms with van der Waals surface area (Å²) in [6.45, 7) is 6.32. The molecule has 98 valence electrons. The predicted octanol–water partition coefficient (Wildman–Crippen LogP) is 0.713. The summed E-state index contributed by atoms with van der Waals surface area (Å²) in [5, 5.41) is 3.15. The van der Waals surface area contributed by atoms with Crippen molar-refractivity contribution in [2.45, 2.75) is 57.7 Å². The summed E-state index contributed by atoms with van der Waals surface area (Å²) in [5.74, 6) is 0.233. The van der Waals surface area contributed by atoms with Gasteiger partial charge in [0.05, 0.1) is 6.04 Å². The van der Waals surface area contributed by atoms with Crippen LogP contribution in [-0.4, -0.2) is 42.0 Å². The van der Waals surface area contributed by atoms with Crippen LogP contribution in [-0.2, 0) is 4.79 Å². The van der Waals surface area contributed by atoms with Crippen molar-refractivity contribution in [1.29, 1.82) is 0 Å². The summed E-state index contributed by atoms with van der Waals surface area (Å²) in [6.07, 6.45) is 4.91. The fraction of sp³-hybridized carbons (Fsp3) is 0.923. The van der Waals surface area contributed by atoms with Crippen LogP contribution in [0.25, 0.3) is 0 Å². The average Bonchev–Trinajstić information content (AvgIpc) is 2.71. The third-order valence-corrected chi connectivity index (χ3v) is 4.20. The van der Waals surface area contributed by atoms with Crippen LogP contribution in [0.5, 0.6) is 0 Å². The first-order valence-electron chi connectivity index (χ1n) is 6.89. The molecular formula is C13H25N3O. The maximum atomic E-state index is 12.0. The van der Waals surface area contributed by atoms with E-state index in [4.69, 9.17) is 5.73 Å². The molecule has 0 radical (unpaired) electrons. The molecule has 2 unspecified atom stereocenters. The second kappa shape index (κ2) is 5.36. The zero-order valence-corrected chi connectivity index (χ0v) is 11.0. The summed E-state index contributed by atoms with van der Waals surface area (Å²) in [5.41, 5.74) is 5.88. The molecule has 0 aliphatic carbocycles. The van der Waals surface area contributed by atoms with Crippen molar-refractivity contribution in [2.75, 3.05) is 13.1 Å². The van der Waals surface area contributed by atoms with E-state index < -0.39 is 0 Å². The highest BCUT2D eigenvalue weighted by molar-refractivity contribution is 5.82. The Hall–Kier alpha value is -0.610. The van der Waals surface area contributed by atoms with E-state index in [1.165, 1.54) is 25.8 Å². The van der Waals surface area contributed by atoms with Gasteiger partial charge in [-0.3, -0.25) is 9.69 Å². The van der Waals surface area contributed by atoms with Gasteiger partial charge >= 0.3 is 0 Å². The molecule has 0 bridgehead atoms. The Kier molecular flexibility index (Phi) is 4.05. The van der Waals surface area contributed by atoms with Crippen LogP contribution in [0.4, 0.5) is 0 Å². The third-order valence-electron chi connectivity index (χ3n) is 4.20. The molecule has 0 spiro atoms. The van der Waals surface area contributed by atoms with Gasteiger partial charge in [-0.05, 0) is 31.7 Å². The van der Waals surface area contributed by atoms with Crippen molar-refractivity contribution < 1.29 is 4.79 Å². The highest BCUT2D eigenvalue weighted by Crippen LogP contribution is 2.27. The number of rotatable bonds is 3. The second-order valence-electron chi connectivity index (χ2n) is 5.77. The fourth-order valence-electron chi connectivity index (χ4n) is 3.00.